The van der Waals surface area contributed by atoms with Crippen molar-refractivity contribution in [1.82, 2.24) is 19.9 Å². The van der Waals surface area contributed by atoms with Crippen LogP contribution in [0.5, 0.6) is 0 Å². The maximum absolute atomic E-state index is 13.4. The minimum atomic E-state index is -1.67. The number of nitriles is 1. The number of nitrogen functional groups attached to an aromatic ring is 1. The molecule has 0 spiro atoms. The van der Waals surface area contributed by atoms with E-state index >= 15 is 0 Å². The number of nitrogens with one attached hydrogen (secondary N) is 1. The predicted octanol–water partition coefficient (Wildman–Crippen LogP) is 4.06. The lowest BCUT2D eigenvalue weighted by atomic mass is 9.92. The predicted molar refractivity (Wildman–Crippen MR) is 171 cm³/mol. The summed E-state index contributed by atoms with van der Waals surface area (Å²) in [6, 6.07) is 20.7. The van der Waals surface area contributed by atoms with E-state index in [9.17, 15) is 14.9 Å². The molecule has 2 fully saturated rings. The molecule has 4 aromatic rings. The van der Waals surface area contributed by atoms with Crippen LogP contribution in [0, 0.1) is 17.2 Å². The number of benzene rings is 2. The highest BCUT2D eigenvalue weighted by atomic mass is 16.8. The summed E-state index contributed by atoms with van der Waals surface area (Å²) in [5, 5.41) is 17.5. The van der Waals surface area contributed by atoms with Gasteiger partial charge >= 0.3 is 12.1 Å². The molecule has 48 heavy (non-hydrogen) atoms. The first-order chi connectivity index (χ1) is 23.0. The first kappa shape index (κ1) is 31.6. The second kappa shape index (κ2) is 11.9. The fourth-order valence-corrected chi connectivity index (χ4v) is 6.98. The number of alkyl carbamates (subject to hydrolysis) is 1. The van der Waals surface area contributed by atoms with Gasteiger partial charge in [0, 0.05) is 5.92 Å². The Morgan fingerprint density at radius 1 is 1.00 bits per heavy atom. The quantitative estimate of drug-likeness (QED) is 0.263. The maximum Gasteiger partial charge on any atom is 0.407 e. The molecule has 2 aliphatic heterocycles. The van der Waals surface area contributed by atoms with Gasteiger partial charge in [0.2, 0.25) is 5.60 Å². The van der Waals surface area contributed by atoms with Crippen molar-refractivity contribution in [3.8, 4) is 17.2 Å². The Bertz CT molecular complexity index is 1890. The Kier molecular flexibility index (Phi) is 7.82. The first-order valence-electron chi connectivity index (χ1n) is 15.8. The fourth-order valence-electron chi connectivity index (χ4n) is 6.98. The number of carbonyl (C=O) groups excluding carboxylic acids is 2. The zero-order valence-electron chi connectivity index (χ0n) is 27.0. The number of fused-ring (bicyclic) bond motifs is 5. The highest BCUT2D eigenvalue weighted by Gasteiger charge is 2.65. The number of ether oxygens (including phenoxy) is 5. The molecule has 2 aromatic heterocycles. The molecule has 1 amide bonds. The van der Waals surface area contributed by atoms with Crippen LogP contribution in [-0.2, 0) is 34.1 Å². The topological polar surface area (TPSA) is 172 Å². The van der Waals surface area contributed by atoms with Crippen LogP contribution < -0.4 is 11.1 Å². The van der Waals surface area contributed by atoms with Crippen molar-refractivity contribution in [1.29, 1.82) is 5.26 Å². The lowest BCUT2D eigenvalue weighted by Gasteiger charge is -2.29. The molecule has 0 saturated carbocycles. The molecule has 3 N–H and O–H groups in total. The SMILES string of the molecule is CC(C)[C@H](NC(=O)OCC1c2ccccc2-c2ccccc21)C(=O)OC[C@H]1O[C@@](C#N)(c2ccc3c(N)ncnn23)[C@@H]2OC(C)(C)O[C@@H]21. The highest BCUT2D eigenvalue weighted by molar-refractivity contribution is 5.82. The van der Waals surface area contributed by atoms with Crippen LogP contribution in [-0.4, -0.2) is 70.0 Å². The monoisotopic (exact) mass is 652 g/mol. The first-order valence-corrected chi connectivity index (χ1v) is 15.8. The average molecular weight is 653 g/mol. The second-order valence-corrected chi connectivity index (χ2v) is 13.0. The summed E-state index contributed by atoms with van der Waals surface area (Å²) in [5.41, 5.74) is 9.64. The van der Waals surface area contributed by atoms with Crippen LogP contribution >= 0.6 is 0 Å². The lowest BCUT2D eigenvalue weighted by Crippen LogP contribution is -2.46. The Labute approximate surface area is 276 Å². The summed E-state index contributed by atoms with van der Waals surface area (Å²) in [7, 11) is 0. The third kappa shape index (κ3) is 5.22. The molecule has 248 valence electrons. The van der Waals surface area contributed by atoms with Crippen LogP contribution in [0.15, 0.2) is 67.0 Å². The normalized spacial score (nSPS) is 24.5. The number of carbonyl (C=O) groups is 2. The van der Waals surface area contributed by atoms with E-state index in [0.29, 0.717) is 11.2 Å². The van der Waals surface area contributed by atoms with Gasteiger partial charge in [-0.25, -0.2) is 19.1 Å². The molecule has 7 rings (SSSR count). The Morgan fingerprint density at radius 3 is 2.35 bits per heavy atom. The number of nitrogens with zero attached hydrogens (tertiary/aromatic N) is 4. The van der Waals surface area contributed by atoms with Crippen LogP contribution in [0.4, 0.5) is 10.6 Å². The summed E-state index contributed by atoms with van der Waals surface area (Å²) in [6.45, 7) is 6.90. The summed E-state index contributed by atoms with van der Waals surface area (Å²) in [4.78, 5) is 30.5. The van der Waals surface area contributed by atoms with Crippen molar-refractivity contribution in [3.63, 3.8) is 0 Å². The van der Waals surface area contributed by atoms with Gasteiger partial charge in [0.05, 0.1) is 5.69 Å². The maximum atomic E-state index is 13.4. The average Bonchev–Trinajstić information content (AvgIpc) is 3.80. The smallest absolute Gasteiger partial charge is 0.407 e. The third-order valence-corrected chi connectivity index (χ3v) is 9.19. The van der Waals surface area contributed by atoms with Crippen molar-refractivity contribution in [2.75, 3.05) is 18.9 Å². The van der Waals surface area contributed by atoms with Gasteiger partial charge in [0.15, 0.2) is 11.6 Å². The van der Waals surface area contributed by atoms with Crippen molar-refractivity contribution in [2.24, 2.45) is 5.92 Å². The van der Waals surface area contributed by atoms with E-state index in [0.717, 1.165) is 22.3 Å². The standard InChI is InChI=1S/C35H36N6O7/c1-19(2)28(40-33(43)45-15-24-22-11-7-5-9-20(22)21-10-6-8-12-23(21)24)32(42)44-16-26-29-30(48-34(3,4)47-29)35(17-36,46-26)27-14-13-25-31(37)38-18-39-41(25)27/h5-14,18-19,24,26,28-30H,15-16H2,1-4H3,(H,40,43)(H2,37,38,39)/t26-,28+,29-,30-,35+/m1/s1. The Morgan fingerprint density at radius 2 is 1.69 bits per heavy atom. The molecule has 2 saturated heterocycles. The van der Waals surface area contributed by atoms with E-state index in [4.69, 9.17) is 29.4 Å². The van der Waals surface area contributed by atoms with Crippen LogP contribution in [0.25, 0.3) is 16.6 Å². The van der Waals surface area contributed by atoms with Crippen molar-refractivity contribution in [3.05, 3.63) is 83.8 Å². The molecule has 1 aliphatic carbocycles. The number of esters is 1. The number of rotatable bonds is 8. The van der Waals surface area contributed by atoms with E-state index in [-0.39, 0.29) is 30.9 Å². The number of hydrogen-bond acceptors (Lipinski definition) is 11. The van der Waals surface area contributed by atoms with Gasteiger partial charge in [-0.15, -0.1) is 0 Å². The summed E-state index contributed by atoms with van der Waals surface area (Å²) in [5.74, 6) is -1.94. The number of aromatic nitrogens is 3. The molecule has 3 aliphatic rings. The number of nitrogens with two attached hydrogens (primary N) is 1. The number of amides is 1. The minimum Gasteiger partial charge on any atom is -0.461 e. The van der Waals surface area contributed by atoms with E-state index in [1.807, 2.05) is 36.4 Å². The minimum absolute atomic E-state index is 0.104. The third-order valence-electron chi connectivity index (χ3n) is 9.19. The van der Waals surface area contributed by atoms with Gasteiger partial charge in [-0.2, -0.15) is 10.4 Å². The fraction of sp³-hybridized carbons (Fsp3) is 0.400. The van der Waals surface area contributed by atoms with Gasteiger partial charge in [-0.3, -0.25) is 0 Å². The molecule has 13 nitrogen and oxygen atoms in total. The van der Waals surface area contributed by atoms with E-state index < -0.39 is 47.8 Å². The van der Waals surface area contributed by atoms with E-state index in [2.05, 4.69) is 33.6 Å². The molecular weight excluding hydrogens is 616 g/mol. The summed E-state index contributed by atoms with van der Waals surface area (Å²) < 4.78 is 31.6. The molecule has 13 heteroatoms. The molecule has 0 radical (unpaired) electrons. The summed E-state index contributed by atoms with van der Waals surface area (Å²) >= 11 is 0. The van der Waals surface area contributed by atoms with Crippen LogP contribution in [0.3, 0.4) is 0 Å². The van der Waals surface area contributed by atoms with Crippen molar-refractivity contribution >= 4 is 23.4 Å². The second-order valence-electron chi connectivity index (χ2n) is 13.0. The van der Waals surface area contributed by atoms with Gasteiger partial charge in [-0.05, 0) is 54.2 Å². The molecular formula is C35H36N6O7. The van der Waals surface area contributed by atoms with Gasteiger partial charge in [0.25, 0.3) is 0 Å². The molecule has 2 aromatic carbocycles. The van der Waals surface area contributed by atoms with Gasteiger partial charge in [0.1, 0.15) is 55.5 Å². The molecule has 0 bridgehead atoms. The van der Waals surface area contributed by atoms with E-state index in [1.165, 1.54) is 10.8 Å². The zero-order chi connectivity index (χ0) is 33.8. The lowest BCUT2D eigenvalue weighted by molar-refractivity contribution is -0.207. The van der Waals surface area contributed by atoms with Crippen molar-refractivity contribution in [2.45, 2.75) is 69.4 Å². The largest absolute Gasteiger partial charge is 0.461 e. The van der Waals surface area contributed by atoms with Crippen LogP contribution in [0.1, 0.15) is 50.4 Å². The van der Waals surface area contributed by atoms with E-state index in [1.54, 1.807) is 39.8 Å². The highest BCUT2D eigenvalue weighted by Crippen LogP contribution is 2.49. The Hall–Kier alpha value is -5.03. The number of hydrogen-bond donors (Lipinski definition) is 2. The van der Waals surface area contributed by atoms with Gasteiger partial charge < -0.3 is 34.7 Å². The van der Waals surface area contributed by atoms with Crippen LogP contribution in [0.2, 0.25) is 0 Å². The van der Waals surface area contributed by atoms with Gasteiger partial charge in [-0.1, -0.05) is 62.4 Å². The molecule has 0 unspecified atom stereocenters. The van der Waals surface area contributed by atoms with Crippen molar-refractivity contribution < 1.29 is 33.3 Å². The Balaban J connectivity index is 1.04. The zero-order valence-corrected chi connectivity index (χ0v) is 27.0. The molecule has 5 atom stereocenters. The molecule has 4 heterocycles. The number of anilines is 1. The summed E-state index contributed by atoms with van der Waals surface area (Å²) in [6.07, 6.45) is -1.97.